The Morgan fingerprint density at radius 2 is 2.07 bits per heavy atom. The molecule has 0 saturated carbocycles. The van der Waals surface area contributed by atoms with E-state index in [9.17, 15) is 4.79 Å². The van der Waals surface area contributed by atoms with E-state index in [1.807, 2.05) is 6.92 Å². The highest BCUT2D eigenvalue weighted by Crippen LogP contribution is 2.28. The number of benzene rings is 1. The number of ether oxygens (including phenoxy) is 1. The smallest absolute Gasteiger partial charge is 0.356 e. The Balaban J connectivity index is 1.37. The Morgan fingerprint density at radius 3 is 2.79 bits per heavy atom. The maximum atomic E-state index is 12.1. The molecule has 1 N–H and O–H groups in total. The zero-order valence-electron chi connectivity index (χ0n) is 16.9. The first-order valence-corrected chi connectivity index (χ1v) is 10.4. The molecule has 1 atom stereocenters. The fourth-order valence-corrected chi connectivity index (χ4v) is 4.68. The van der Waals surface area contributed by atoms with Gasteiger partial charge >= 0.3 is 5.97 Å². The van der Waals surface area contributed by atoms with Gasteiger partial charge in [-0.05, 0) is 57.3 Å². The average Bonchev–Trinajstić information content (AvgIpc) is 3.35. The maximum absolute atomic E-state index is 12.1. The molecule has 2 heterocycles. The molecular weight excluding hydrogens is 352 g/mol. The second kappa shape index (κ2) is 8.45. The van der Waals surface area contributed by atoms with E-state index in [0.29, 0.717) is 30.9 Å². The van der Waals surface area contributed by atoms with Gasteiger partial charge in [0, 0.05) is 30.7 Å². The van der Waals surface area contributed by atoms with Crippen molar-refractivity contribution >= 4 is 5.97 Å². The molecule has 2 aromatic rings. The summed E-state index contributed by atoms with van der Waals surface area (Å²) in [7, 11) is 2.15. The van der Waals surface area contributed by atoms with Gasteiger partial charge in [-0.15, -0.1) is 0 Å². The fourth-order valence-electron chi connectivity index (χ4n) is 4.68. The van der Waals surface area contributed by atoms with Gasteiger partial charge in [-0.1, -0.05) is 24.3 Å². The van der Waals surface area contributed by atoms with Crippen molar-refractivity contribution in [3.05, 3.63) is 52.8 Å². The van der Waals surface area contributed by atoms with E-state index in [0.717, 1.165) is 12.1 Å². The number of esters is 1. The van der Waals surface area contributed by atoms with Gasteiger partial charge in [-0.3, -0.25) is 14.9 Å². The van der Waals surface area contributed by atoms with Crippen molar-refractivity contribution in [3.8, 4) is 0 Å². The molecule has 0 amide bonds. The van der Waals surface area contributed by atoms with Gasteiger partial charge in [0.15, 0.2) is 0 Å². The van der Waals surface area contributed by atoms with Crippen molar-refractivity contribution in [2.75, 3.05) is 26.7 Å². The van der Waals surface area contributed by atoms with Crippen LogP contribution in [0.3, 0.4) is 0 Å². The lowest BCUT2D eigenvalue weighted by atomic mass is 10.0. The van der Waals surface area contributed by atoms with E-state index >= 15 is 0 Å². The third-order valence-corrected chi connectivity index (χ3v) is 6.21. The summed E-state index contributed by atoms with van der Waals surface area (Å²) < 4.78 is 5.13. The highest BCUT2D eigenvalue weighted by molar-refractivity contribution is 5.88. The zero-order chi connectivity index (χ0) is 19.5. The highest BCUT2D eigenvalue weighted by Gasteiger charge is 2.32. The van der Waals surface area contributed by atoms with E-state index in [-0.39, 0.29) is 5.97 Å². The monoisotopic (exact) mass is 382 g/mol. The molecule has 1 aromatic carbocycles. The summed E-state index contributed by atoms with van der Waals surface area (Å²) in [6.07, 6.45) is 6.50. The molecule has 28 heavy (non-hydrogen) atoms. The van der Waals surface area contributed by atoms with Crippen molar-refractivity contribution < 1.29 is 9.53 Å². The minimum Gasteiger partial charge on any atom is -0.461 e. The SMILES string of the molecule is CCOC(=O)c1[nH]ncc1CN(C)C1CCCN(C2Cc3ccccc3C2)C1. The van der Waals surface area contributed by atoms with E-state index in [1.165, 1.54) is 43.4 Å². The molecule has 4 rings (SSSR count). The average molecular weight is 383 g/mol. The number of hydrogen-bond donors (Lipinski definition) is 1. The Morgan fingerprint density at radius 1 is 1.32 bits per heavy atom. The Hall–Kier alpha value is -2.18. The second-order valence-corrected chi connectivity index (χ2v) is 8.03. The number of nitrogens with zero attached hydrogens (tertiary/aromatic N) is 3. The molecule has 6 heteroatoms. The number of likely N-dealkylation sites (N-methyl/N-ethyl adjacent to an activating group) is 1. The lowest BCUT2D eigenvalue weighted by molar-refractivity contribution is 0.0514. The first kappa shape index (κ1) is 19.2. The Kier molecular flexibility index (Phi) is 5.78. The zero-order valence-corrected chi connectivity index (χ0v) is 16.9. The van der Waals surface area contributed by atoms with Gasteiger partial charge < -0.3 is 4.74 Å². The van der Waals surface area contributed by atoms with Crippen LogP contribution in [0.1, 0.15) is 46.9 Å². The molecule has 1 aromatic heterocycles. The van der Waals surface area contributed by atoms with Crippen LogP contribution in [0.25, 0.3) is 0 Å². The first-order valence-electron chi connectivity index (χ1n) is 10.4. The second-order valence-electron chi connectivity index (χ2n) is 8.03. The maximum Gasteiger partial charge on any atom is 0.356 e. The largest absolute Gasteiger partial charge is 0.461 e. The summed E-state index contributed by atoms with van der Waals surface area (Å²) >= 11 is 0. The normalized spacial score (nSPS) is 20.5. The van der Waals surface area contributed by atoms with E-state index in [2.05, 4.69) is 51.3 Å². The van der Waals surface area contributed by atoms with E-state index < -0.39 is 0 Å². The van der Waals surface area contributed by atoms with Crippen molar-refractivity contribution in [2.45, 2.75) is 51.2 Å². The number of rotatable bonds is 6. The number of H-pyrrole nitrogens is 1. The number of likely N-dealkylation sites (tertiary alicyclic amines) is 1. The van der Waals surface area contributed by atoms with Crippen LogP contribution in [-0.4, -0.2) is 64.8 Å². The first-order chi connectivity index (χ1) is 13.7. The van der Waals surface area contributed by atoms with Crippen molar-refractivity contribution in [3.63, 3.8) is 0 Å². The van der Waals surface area contributed by atoms with Crippen LogP contribution >= 0.6 is 0 Å². The van der Waals surface area contributed by atoms with Gasteiger partial charge in [0.2, 0.25) is 0 Å². The van der Waals surface area contributed by atoms with Crippen LogP contribution in [0, 0.1) is 0 Å². The molecular formula is C22H30N4O2. The molecule has 0 bridgehead atoms. The summed E-state index contributed by atoms with van der Waals surface area (Å²) in [5, 5.41) is 6.86. The molecule has 1 aliphatic heterocycles. The molecule has 150 valence electrons. The molecule has 1 unspecified atom stereocenters. The van der Waals surface area contributed by atoms with Gasteiger partial charge in [0.25, 0.3) is 0 Å². The number of fused-ring (bicyclic) bond motifs is 1. The molecule has 6 nitrogen and oxygen atoms in total. The van der Waals surface area contributed by atoms with Gasteiger partial charge in [-0.25, -0.2) is 4.79 Å². The molecule has 1 aliphatic carbocycles. The fraction of sp³-hybridized carbons (Fsp3) is 0.545. The summed E-state index contributed by atoms with van der Waals surface area (Å²) in [5.74, 6) is -0.322. The van der Waals surface area contributed by atoms with Crippen molar-refractivity contribution in [2.24, 2.45) is 0 Å². The van der Waals surface area contributed by atoms with E-state index in [4.69, 9.17) is 4.74 Å². The third kappa shape index (κ3) is 3.98. The van der Waals surface area contributed by atoms with Crippen molar-refractivity contribution in [1.29, 1.82) is 0 Å². The van der Waals surface area contributed by atoms with Crippen LogP contribution in [0.4, 0.5) is 0 Å². The minimum absolute atomic E-state index is 0.322. The number of aromatic amines is 1. The van der Waals surface area contributed by atoms with Crippen LogP contribution in [-0.2, 0) is 24.1 Å². The van der Waals surface area contributed by atoms with Crippen LogP contribution in [0.2, 0.25) is 0 Å². The number of nitrogens with one attached hydrogen (secondary N) is 1. The number of carbonyl (C=O) groups is 1. The standard InChI is InChI=1S/C22H30N4O2/c1-3-28-22(27)21-18(13-23-24-21)14-25(2)19-9-6-10-26(15-19)20-11-16-7-4-5-8-17(16)12-20/h4-5,7-8,13,19-20H,3,6,9-12,14-15H2,1-2H3,(H,23,24). The third-order valence-electron chi connectivity index (χ3n) is 6.21. The van der Waals surface area contributed by atoms with Crippen LogP contribution in [0.5, 0.6) is 0 Å². The number of piperidine rings is 1. The predicted octanol–water partition coefficient (Wildman–Crippen LogP) is 2.65. The van der Waals surface area contributed by atoms with Crippen LogP contribution in [0.15, 0.2) is 30.5 Å². The number of hydrogen-bond acceptors (Lipinski definition) is 5. The minimum atomic E-state index is -0.322. The number of carbonyl (C=O) groups excluding carboxylic acids is 1. The molecule has 0 radical (unpaired) electrons. The summed E-state index contributed by atoms with van der Waals surface area (Å²) in [5.41, 5.74) is 4.42. The molecule has 2 aliphatic rings. The predicted molar refractivity (Wildman–Crippen MR) is 108 cm³/mol. The van der Waals surface area contributed by atoms with Crippen LogP contribution < -0.4 is 0 Å². The summed E-state index contributed by atoms with van der Waals surface area (Å²) in [6, 6.07) is 9.97. The lowest BCUT2D eigenvalue weighted by Gasteiger charge is -2.40. The quantitative estimate of drug-likeness (QED) is 0.779. The topological polar surface area (TPSA) is 61.5 Å². The number of aromatic nitrogens is 2. The van der Waals surface area contributed by atoms with Gasteiger partial charge in [0.05, 0.1) is 12.8 Å². The lowest BCUT2D eigenvalue weighted by Crippen LogP contribution is -2.50. The van der Waals surface area contributed by atoms with Gasteiger partial charge in [0.1, 0.15) is 5.69 Å². The summed E-state index contributed by atoms with van der Waals surface area (Å²) in [4.78, 5) is 17.1. The molecule has 0 spiro atoms. The Labute approximate surface area is 166 Å². The van der Waals surface area contributed by atoms with Gasteiger partial charge in [-0.2, -0.15) is 5.10 Å². The molecule has 1 saturated heterocycles. The highest BCUT2D eigenvalue weighted by atomic mass is 16.5. The van der Waals surface area contributed by atoms with E-state index in [1.54, 1.807) is 6.20 Å². The Bertz CT molecular complexity index is 793. The molecule has 1 fully saturated rings. The summed E-state index contributed by atoms with van der Waals surface area (Å²) in [6.45, 7) is 5.16. The van der Waals surface area contributed by atoms with Crippen molar-refractivity contribution in [1.82, 2.24) is 20.0 Å².